The van der Waals surface area contributed by atoms with Crippen molar-refractivity contribution >= 4 is 11.9 Å². The average molecular weight is 1040 g/mol. The lowest BCUT2D eigenvalue weighted by Gasteiger charge is -2.41. The van der Waals surface area contributed by atoms with Gasteiger partial charge in [-0.2, -0.15) is 0 Å². The van der Waals surface area contributed by atoms with Crippen LogP contribution in [0.15, 0.2) is 72.9 Å². The van der Waals surface area contributed by atoms with Crippen LogP contribution >= 0.6 is 0 Å². The number of unbranched alkanes of at least 4 members (excludes halogenated alkanes) is 26. The third-order valence-corrected chi connectivity index (χ3v) is 13.8. The van der Waals surface area contributed by atoms with Gasteiger partial charge in [0.2, 0.25) is 5.91 Å². The minimum absolute atomic E-state index is 0.108. The van der Waals surface area contributed by atoms with Crippen LogP contribution in [0.5, 0.6) is 0 Å². The Balaban J connectivity index is 2.64. The lowest BCUT2D eigenvalue weighted by Crippen LogP contribution is -2.61. The van der Waals surface area contributed by atoms with Crippen molar-refractivity contribution < 1.29 is 49.3 Å². The van der Waals surface area contributed by atoms with E-state index < -0.39 is 67.4 Å². The van der Waals surface area contributed by atoms with E-state index in [4.69, 9.17) is 14.2 Å². The van der Waals surface area contributed by atoms with Crippen molar-refractivity contribution in [3.05, 3.63) is 72.9 Å². The van der Waals surface area contributed by atoms with E-state index in [1.54, 1.807) is 6.08 Å². The maximum absolute atomic E-state index is 13.3. The first-order chi connectivity index (χ1) is 36.2. The molecule has 1 fully saturated rings. The van der Waals surface area contributed by atoms with Gasteiger partial charge < -0.3 is 45.1 Å². The van der Waals surface area contributed by atoms with Crippen molar-refractivity contribution in [1.29, 1.82) is 0 Å². The zero-order valence-electron chi connectivity index (χ0n) is 47.2. The Kier molecular flexibility index (Phi) is 47.5. The highest BCUT2D eigenvalue weighted by atomic mass is 16.7. The normalized spacial score (nSPS) is 19.8. The second kappa shape index (κ2) is 50.9. The summed E-state index contributed by atoms with van der Waals surface area (Å²) in [6.07, 6.45) is 53.8. The predicted octanol–water partition coefficient (Wildman–Crippen LogP) is 14.0. The molecule has 8 unspecified atom stereocenters. The second-order valence-corrected chi connectivity index (χ2v) is 20.7. The molecule has 8 atom stereocenters. The van der Waals surface area contributed by atoms with Crippen molar-refractivity contribution in [3.63, 3.8) is 0 Å². The summed E-state index contributed by atoms with van der Waals surface area (Å²) in [4.78, 5) is 26.4. The van der Waals surface area contributed by atoms with E-state index in [-0.39, 0.29) is 19.4 Å². The zero-order valence-corrected chi connectivity index (χ0v) is 47.2. The lowest BCUT2D eigenvalue weighted by atomic mass is 9.99. The summed E-state index contributed by atoms with van der Waals surface area (Å²) in [5, 5.41) is 56.8. The fourth-order valence-corrected chi connectivity index (χ4v) is 8.97. The number of allylic oxidation sites excluding steroid dienone is 11. The Hall–Kier alpha value is -2.90. The topological polar surface area (TPSA) is 175 Å². The van der Waals surface area contributed by atoms with Crippen LogP contribution in [0.3, 0.4) is 0 Å². The Morgan fingerprint density at radius 3 is 1.47 bits per heavy atom. The van der Waals surface area contributed by atoms with E-state index in [9.17, 15) is 35.1 Å². The molecule has 11 nitrogen and oxygen atoms in total. The number of carbonyl (C=O) groups excluding carboxylic acids is 2. The van der Waals surface area contributed by atoms with Gasteiger partial charge in [0.15, 0.2) is 12.4 Å². The van der Waals surface area contributed by atoms with Crippen molar-refractivity contribution in [1.82, 2.24) is 5.32 Å². The summed E-state index contributed by atoms with van der Waals surface area (Å²) in [6.45, 7) is 5.69. The van der Waals surface area contributed by atoms with Crippen LogP contribution in [0.2, 0.25) is 0 Å². The summed E-state index contributed by atoms with van der Waals surface area (Å²) in [5.74, 6) is -1.22. The fourth-order valence-electron chi connectivity index (χ4n) is 8.97. The molecule has 428 valence electrons. The Morgan fingerprint density at radius 1 is 0.527 bits per heavy atom. The van der Waals surface area contributed by atoms with E-state index in [0.717, 1.165) is 116 Å². The second-order valence-electron chi connectivity index (χ2n) is 20.7. The fraction of sp³-hybridized carbons (Fsp3) is 0.778. The highest BCUT2D eigenvalue weighted by Gasteiger charge is 2.47. The SMILES string of the molecule is CCCC/C=C\CCCCCCC(O)C(=O)NC(COC1OC(CO)C(O)C(O)C1OC(=O)CCCCCCCCC/C=C\C/C=C\C/C=C\C/C=C\CCCCC)C(O)/C=C/CCCCCCCCCCCC. The molecule has 0 saturated carbocycles. The number of hydrogen-bond acceptors (Lipinski definition) is 10. The minimum Gasteiger partial charge on any atom is -0.454 e. The smallest absolute Gasteiger partial charge is 0.306 e. The van der Waals surface area contributed by atoms with E-state index in [1.807, 2.05) is 6.08 Å². The quantitative estimate of drug-likeness (QED) is 0.0195. The molecule has 11 heteroatoms. The summed E-state index contributed by atoms with van der Waals surface area (Å²) < 4.78 is 17.6. The van der Waals surface area contributed by atoms with Crippen LogP contribution in [0, 0.1) is 0 Å². The van der Waals surface area contributed by atoms with Gasteiger partial charge in [-0.3, -0.25) is 9.59 Å². The molecule has 74 heavy (non-hydrogen) atoms. The summed E-state index contributed by atoms with van der Waals surface area (Å²) in [5.41, 5.74) is 0. The summed E-state index contributed by atoms with van der Waals surface area (Å²) in [6, 6.07) is -1.03. The van der Waals surface area contributed by atoms with Crippen LogP contribution in [0.25, 0.3) is 0 Å². The van der Waals surface area contributed by atoms with Gasteiger partial charge in [0, 0.05) is 6.42 Å². The monoisotopic (exact) mass is 1040 g/mol. The van der Waals surface area contributed by atoms with Crippen molar-refractivity contribution in [3.8, 4) is 0 Å². The number of rotatable bonds is 50. The Labute approximate surface area is 451 Å². The molecule has 1 rings (SSSR count). The van der Waals surface area contributed by atoms with Crippen molar-refractivity contribution in [2.24, 2.45) is 0 Å². The van der Waals surface area contributed by atoms with E-state index in [1.165, 1.54) is 89.9 Å². The van der Waals surface area contributed by atoms with Crippen molar-refractivity contribution in [2.75, 3.05) is 13.2 Å². The van der Waals surface area contributed by atoms with Gasteiger partial charge in [0.1, 0.15) is 24.4 Å². The van der Waals surface area contributed by atoms with Gasteiger partial charge in [-0.05, 0) is 89.9 Å². The predicted molar refractivity (Wildman–Crippen MR) is 306 cm³/mol. The first kappa shape index (κ1) is 69.1. The highest BCUT2D eigenvalue weighted by Crippen LogP contribution is 2.26. The lowest BCUT2D eigenvalue weighted by molar-refractivity contribution is -0.305. The van der Waals surface area contributed by atoms with Gasteiger partial charge in [-0.25, -0.2) is 0 Å². The molecule has 1 aliphatic heterocycles. The molecule has 0 aliphatic carbocycles. The molecule has 0 aromatic carbocycles. The maximum atomic E-state index is 13.3. The molecule has 1 heterocycles. The molecule has 1 saturated heterocycles. The summed E-state index contributed by atoms with van der Waals surface area (Å²) in [7, 11) is 0. The van der Waals surface area contributed by atoms with Gasteiger partial charge in [-0.1, -0.05) is 229 Å². The number of amides is 1. The third kappa shape index (κ3) is 38.6. The molecular weight excluding hydrogens is 931 g/mol. The number of aliphatic hydroxyl groups excluding tert-OH is 5. The zero-order chi connectivity index (χ0) is 54.0. The highest BCUT2D eigenvalue weighted by molar-refractivity contribution is 5.80. The van der Waals surface area contributed by atoms with Gasteiger partial charge in [0.05, 0.1) is 25.4 Å². The van der Waals surface area contributed by atoms with Gasteiger partial charge >= 0.3 is 5.97 Å². The van der Waals surface area contributed by atoms with Crippen molar-refractivity contribution in [2.45, 2.75) is 301 Å². The molecule has 0 bridgehead atoms. The number of nitrogens with one attached hydrogen (secondary N) is 1. The molecule has 6 N–H and O–H groups in total. The first-order valence-electron chi connectivity index (χ1n) is 30.2. The third-order valence-electron chi connectivity index (χ3n) is 13.8. The Bertz CT molecular complexity index is 1480. The number of hydrogen-bond donors (Lipinski definition) is 6. The number of carbonyl (C=O) groups is 2. The first-order valence-corrected chi connectivity index (χ1v) is 30.2. The molecule has 0 aromatic heterocycles. The van der Waals surface area contributed by atoms with Crippen LogP contribution in [-0.4, -0.2) is 99.6 Å². The molecular formula is C63H111NO10. The standard InChI is InChI=1S/C63H111NO10/c1-4-7-10-13-16-19-22-24-25-26-27-28-29-30-31-32-33-34-36-39-42-45-48-51-58(68)74-61-60(70)59(69)57(52-65)73-63(61)72-53-54(55(66)49-46-43-40-38-35-23-20-17-14-11-8-5-2)64-62(71)56(67)50-47-44-41-37-21-18-15-12-9-6-3/h15-16,18-19,24-25,27-28,30-31,46,49,54-57,59-61,63,65-67,69-70H,4-14,17,20-23,26,29,32-45,47-48,50-53H2,1-3H3,(H,64,71)/b18-15-,19-16-,25-24-,28-27-,31-30-,49-46+. The summed E-state index contributed by atoms with van der Waals surface area (Å²) >= 11 is 0. The van der Waals surface area contributed by atoms with Crippen LogP contribution in [0.1, 0.15) is 252 Å². The number of esters is 1. The van der Waals surface area contributed by atoms with E-state index >= 15 is 0 Å². The van der Waals surface area contributed by atoms with Crippen LogP contribution in [0.4, 0.5) is 0 Å². The minimum atomic E-state index is -1.62. The van der Waals surface area contributed by atoms with Crippen LogP contribution in [-0.2, 0) is 23.8 Å². The Morgan fingerprint density at radius 2 is 0.946 bits per heavy atom. The maximum Gasteiger partial charge on any atom is 0.306 e. The number of ether oxygens (including phenoxy) is 3. The average Bonchev–Trinajstić information content (AvgIpc) is 3.40. The van der Waals surface area contributed by atoms with E-state index in [2.05, 4.69) is 86.8 Å². The molecule has 0 spiro atoms. The molecule has 1 aliphatic rings. The number of aliphatic hydroxyl groups is 5. The van der Waals surface area contributed by atoms with Crippen LogP contribution < -0.4 is 5.32 Å². The molecule has 0 aromatic rings. The van der Waals surface area contributed by atoms with Gasteiger partial charge in [0.25, 0.3) is 0 Å². The van der Waals surface area contributed by atoms with Gasteiger partial charge in [-0.15, -0.1) is 0 Å². The molecule has 1 amide bonds. The van der Waals surface area contributed by atoms with E-state index in [0.29, 0.717) is 12.8 Å². The molecule has 0 radical (unpaired) electrons. The largest absolute Gasteiger partial charge is 0.454 e.